The largest absolute Gasteiger partial charge is 0.325 e. The van der Waals surface area contributed by atoms with E-state index in [0.717, 1.165) is 14.8 Å². The zero-order chi connectivity index (χ0) is 25.5. The van der Waals surface area contributed by atoms with E-state index >= 15 is 0 Å². The van der Waals surface area contributed by atoms with Crippen LogP contribution >= 0.6 is 0 Å². The highest BCUT2D eigenvalue weighted by atomic mass is 32.2. The van der Waals surface area contributed by atoms with E-state index in [2.05, 4.69) is 31.4 Å². The van der Waals surface area contributed by atoms with Crippen molar-refractivity contribution < 1.29 is 22.8 Å². The Labute approximate surface area is 200 Å². The molecule has 4 amide bonds. The molecular weight excluding hydrogens is 456 g/mol. The third-order valence-corrected chi connectivity index (χ3v) is 7.65. The summed E-state index contributed by atoms with van der Waals surface area (Å²) in [5, 5.41) is 5.28. The Morgan fingerprint density at radius 3 is 2.09 bits per heavy atom. The maximum Gasteiger partial charge on any atom is 0.325 e. The zero-order valence-electron chi connectivity index (χ0n) is 20.2. The van der Waals surface area contributed by atoms with Gasteiger partial charge in [0.1, 0.15) is 12.1 Å². The predicted octanol–water partition coefficient (Wildman–Crippen LogP) is 2.64. The topological polar surface area (TPSA) is 116 Å². The molecule has 0 saturated carbocycles. The lowest BCUT2D eigenvalue weighted by molar-refractivity contribution is -0.133. The Morgan fingerprint density at radius 1 is 1.03 bits per heavy atom. The van der Waals surface area contributed by atoms with Gasteiger partial charge < -0.3 is 10.6 Å². The third-order valence-electron chi connectivity index (χ3n) is 5.82. The Hall–Kier alpha value is -3.24. The molecule has 0 radical (unpaired) electrons. The summed E-state index contributed by atoms with van der Waals surface area (Å²) in [6.07, 6.45) is 0. The minimum absolute atomic E-state index is 0.0542. The minimum Gasteiger partial charge on any atom is -0.325 e. The molecule has 0 aromatic heterocycles. The molecule has 1 fully saturated rings. The van der Waals surface area contributed by atoms with Crippen molar-refractivity contribution in [2.24, 2.45) is 0 Å². The molecule has 10 heteroatoms. The molecule has 182 valence electrons. The molecule has 0 bridgehead atoms. The van der Waals surface area contributed by atoms with Gasteiger partial charge in [0.05, 0.1) is 4.90 Å². The fourth-order valence-electron chi connectivity index (χ4n) is 3.60. The average Bonchev–Trinajstić information content (AvgIpc) is 2.97. The third kappa shape index (κ3) is 4.83. The number of rotatable bonds is 6. The van der Waals surface area contributed by atoms with Crippen LogP contribution in [-0.4, -0.2) is 56.1 Å². The van der Waals surface area contributed by atoms with Crippen LogP contribution in [0.15, 0.2) is 53.4 Å². The van der Waals surface area contributed by atoms with Crippen LogP contribution in [0.5, 0.6) is 0 Å². The van der Waals surface area contributed by atoms with Crippen LogP contribution in [0.3, 0.4) is 0 Å². The number of sulfonamides is 1. The highest BCUT2D eigenvalue weighted by molar-refractivity contribution is 7.89. The van der Waals surface area contributed by atoms with Gasteiger partial charge in [-0.2, -0.15) is 0 Å². The van der Waals surface area contributed by atoms with Crippen molar-refractivity contribution in [3.05, 3.63) is 59.7 Å². The van der Waals surface area contributed by atoms with Crippen LogP contribution in [0.1, 0.15) is 38.8 Å². The van der Waals surface area contributed by atoms with Crippen molar-refractivity contribution in [3.63, 3.8) is 0 Å². The van der Waals surface area contributed by atoms with Gasteiger partial charge in [0.15, 0.2) is 0 Å². The van der Waals surface area contributed by atoms with Crippen molar-refractivity contribution in [1.82, 2.24) is 14.5 Å². The molecule has 0 unspecified atom stereocenters. The lowest BCUT2D eigenvalue weighted by atomic mass is 9.84. The normalized spacial score (nSPS) is 18.9. The van der Waals surface area contributed by atoms with E-state index < -0.39 is 40.0 Å². The Kier molecular flexibility index (Phi) is 6.60. The predicted molar refractivity (Wildman–Crippen MR) is 129 cm³/mol. The van der Waals surface area contributed by atoms with Gasteiger partial charge in [0, 0.05) is 19.8 Å². The van der Waals surface area contributed by atoms with Crippen LogP contribution in [-0.2, 0) is 30.6 Å². The van der Waals surface area contributed by atoms with Crippen molar-refractivity contribution >= 4 is 33.6 Å². The molecular formula is C24H30N4O5S. The van der Waals surface area contributed by atoms with Crippen LogP contribution < -0.4 is 10.6 Å². The summed E-state index contributed by atoms with van der Waals surface area (Å²) < 4.78 is 25.4. The Balaban J connectivity index is 1.71. The second kappa shape index (κ2) is 8.84. The number of urea groups is 1. The number of nitrogens with zero attached hydrogens (tertiary/aromatic N) is 2. The summed E-state index contributed by atoms with van der Waals surface area (Å²) in [7, 11) is -0.738. The molecule has 9 nitrogen and oxygen atoms in total. The number of carbonyl (C=O) groups is 3. The first kappa shape index (κ1) is 25.4. The molecule has 2 N–H and O–H groups in total. The molecule has 34 heavy (non-hydrogen) atoms. The Morgan fingerprint density at radius 2 is 1.59 bits per heavy atom. The first-order chi connectivity index (χ1) is 15.7. The van der Waals surface area contributed by atoms with Crippen molar-refractivity contribution in [1.29, 1.82) is 0 Å². The lowest BCUT2D eigenvalue weighted by Crippen LogP contribution is -2.42. The summed E-state index contributed by atoms with van der Waals surface area (Å²) in [5.74, 6) is -1.11. The van der Waals surface area contributed by atoms with E-state index in [4.69, 9.17) is 0 Å². The van der Waals surface area contributed by atoms with Gasteiger partial charge in [-0.1, -0.05) is 45.0 Å². The average molecular weight is 487 g/mol. The van der Waals surface area contributed by atoms with Gasteiger partial charge in [-0.25, -0.2) is 17.5 Å². The second-order valence-electron chi connectivity index (χ2n) is 9.63. The van der Waals surface area contributed by atoms with E-state index in [1.165, 1.54) is 38.4 Å². The van der Waals surface area contributed by atoms with Gasteiger partial charge in [-0.05, 0) is 47.7 Å². The molecule has 0 aliphatic carbocycles. The molecule has 1 aliphatic heterocycles. The fraction of sp³-hybridized carbons (Fsp3) is 0.375. The second-order valence-corrected chi connectivity index (χ2v) is 11.8. The van der Waals surface area contributed by atoms with E-state index in [1.807, 2.05) is 24.3 Å². The van der Waals surface area contributed by atoms with Crippen LogP contribution in [0.25, 0.3) is 0 Å². The molecule has 3 rings (SSSR count). The quantitative estimate of drug-likeness (QED) is 0.609. The number of hydrogen-bond acceptors (Lipinski definition) is 5. The number of amides is 4. The summed E-state index contributed by atoms with van der Waals surface area (Å²) in [6.45, 7) is 7.39. The summed E-state index contributed by atoms with van der Waals surface area (Å²) in [6, 6.07) is 12.5. The summed E-state index contributed by atoms with van der Waals surface area (Å²) in [4.78, 5) is 39.2. The first-order valence-electron chi connectivity index (χ1n) is 10.7. The van der Waals surface area contributed by atoms with E-state index in [1.54, 1.807) is 6.92 Å². The number of anilines is 1. The molecule has 1 atom stereocenters. The van der Waals surface area contributed by atoms with Crippen LogP contribution in [0.2, 0.25) is 0 Å². The highest BCUT2D eigenvalue weighted by Crippen LogP contribution is 2.31. The van der Waals surface area contributed by atoms with Gasteiger partial charge >= 0.3 is 6.03 Å². The zero-order valence-corrected chi connectivity index (χ0v) is 21.0. The molecule has 2 aromatic rings. The SMILES string of the molecule is CN(C)S(=O)(=O)c1ccc(NC(=O)CN2C(=O)N[C@@](C)(c3ccc(C(C)(C)C)cc3)C2=O)cc1. The molecule has 2 aromatic carbocycles. The number of imide groups is 1. The lowest BCUT2D eigenvalue weighted by Gasteiger charge is -2.24. The van der Waals surface area contributed by atoms with Gasteiger partial charge in [-0.15, -0.1) is 0 Å². The molecule has 1 aliphatic rings. The van der Waals surface area contributed by atoms with Crippen molar-refractivity contribution in [3.8, 4) is 0 Å². The van der Waals surface area contributed by atoms with Gasteiger partial charge in [0.2, 0.25) is 15.9 Å². The van der Waals surface area contributed by atoms with Gasteiger partial charge in [-0.3, -0.25) is 14.5 Å². The molecule has 1 saturated heterocycles. The highest BCUT2D eigenvalue weighted by Gasteiger charge is 2.49. The number of hydrogen-bond donors (Lipinski definition) is 2. The maximum atomic E-state index is 13.1. The molecule has 0 spiro atoms. The monoisotopic (exact) mass is 486 g/mol. The van der Waals surface area contributed by atoms with E-state index in [-0.39, 0.29) is 10.3 Å². The summed E-state index contributed by atoms with van der Waals surface area (Å²) in [5.41, 5.74) is 0.726. The maximum absolute atomic E-state index is 13.1. The minimum atomic E-state index is -3.59. The van der Waals surface area contributed by atoms with E-state index in [9.17, 15) is 22.8 Å². The van der Waals surface area contributed by atoms with Crippen molar-refractivity contribution in [2.45, 2.75) is 43.5 Å². The number of benzene rings is 2. The van der Waals surface area contributed by atoms with Gasteiger partial charge in [0.25, 0.3) is 5.91 Å². The number of carbonyl (C=O) groups excluding carboxylic acids is 3. The number of nitrogens with one attached hydrogen (secondary N) is 2. The Bertz CT molecular complexity index is 1220. The van der Waals surface area contributed by atoms with Crippen molar-refractivity contribution in [2.75, 3.05) is 26.0 Å². The van der Waals surface area contributed by atoms with Crippen LogP contribution in [0, 0.1) is 0 Å². The fourth-order valence-corrected chi connectivity index (χ4v) is 4.51. The van der Waals surface area contributed by atoms with Crippen LogP contribution in [0.4, 0.5) is 10.5 Å². The molecule has 1 heterocycles. The van der Waals surface area contributed by atoms with E-state index in [0.29, 0.717) is 11.3 Å². The standard InChI is InChI=1S/C24H30N4O5S/c1-23(2,3)16-7-9-17(10-8-16)24(4)21(30)28(22(31)26-24)15-20(29)25-18-11-13-19(14-12-18)34(32,33)27(5)6/h7-14H,15H2,1-6H3,(H,25,29)(H,26,31)/t24-/m0/s1. The summed E-state index contributed by atoms with van der Waals surface area (Å²) >= 11 is 0. The first-order valence-corrected chi connectivity index (χ1v) is 12.2. The smallest absolute Gasteiger partial charge is 0.325 e.